The normalized spacial score (nSPS) is 20.3. The number of furan rings is 1. The van der Waals surface area contributed by atoms with Gasteiger partial charge in [-0.3, -0.25) is 4.79 Å². The van der Waals surface area contributed by atoms with Crippen LogP contribution in [0.2, 0.25) is 0 Å². The number of carbonyl (C=O) groups is 1. The number of hydrogen-bond donors (Lipinski definition) is 2. The van der Waals surface area contributed by atoms with Crippen molar-refractivity contribution in [2.45, 2.75) is 83.0 Å². The zero-order valence-corrected chi connectivity index (χ0v) is 19.5. The van der Waals surface area contributed by atoms with Crippen molar-refractivity contribution in [3.63, 3.8) is 0 Å². The van der Waals surface area contributed by atoms with Gasteiger partial charge in [0.2, 0.25) is 0 Å². The van der Waals surface area contributed by atoms with Gasteiger partial charge < -0.3 is 19.6 Å². The van der Waals surface area contributed by atoms with Crippen LogP contribution in [0, 0.1) is 6.92 Å². The van der Waals surface area contributed by atoms with E-state index < -0.39 is 6.10 Å². The van der Waals surface area contributed by atoms with Crippen LogP contribution in [-0.4, -0.2) is 22.7 Å². The summed E-state index contributed by atoms with van der Waals surface area (Å²) < 4.78 is 12.5. The maximum absolute atomic E-state index is 13.1. The van der Waals surface area contributed by atoms with Crippen LogP contribution in [0.15, 0.2) is 46.9 Å². The molecular weight excluding hydrogens is 414 g/mol. The third-order valence-corrected chi connectivity index (χ3v) is 7.38. The molecular formula is C28H33NO4. The molecule has 2 N–H and O–H groups in total. The molecule has 3 aromatic rings. The van der Waals surface area contributed by atoms with Gasteiger partial charge in [0, 0.05) is 29.0 Å². The number of ether oxygens (including phenoxy) is 1. The van der Waals surface area contributed by atoms with E-state index in [2.05, 4.69) is 17.4 Å². The Morgan fingerprint density at radius 1 is 1.15 bits per heavy atom. The van der Waals surface area contributed by atoms with Gasteiger partial charge in [0.1, 0.15) is 16.9 Å². The summed E-state index contributed by atoms with van der Waals surface area (Å²) in [5.74, 6) is 0.832. The minimum atomic E-state index is -0.618. The highest BCUT2D eigenvalue weighted by Gasteiger charge is 2.42. The highest BCUT2D eigenvalue weighted by atomic mass is 16.5. The number of rotatable bonds is 5. The largest absolute Gasteiger partial charge is 0.487 e. The Kier molecular flexibility index (Phi) is 5.92. The Balaban J connectivity index is 1.36. The number of aliphatic hydroxyl groups is 1. The predicted octanol–water partition coefficient (Wildman–Crippen LogP) is 6.01. The average molecular weight is 448 g/mol. The molecule has 1 amide bonds. The van der Waals surface area contributed by atoms with Crippen LogP contribution >= 0.6 is 0 Å². The second-order valence-electron chi connectivity index (χ2n) is 9.87. The first-order valence-corrected chi connectivity index (χ1v) is 12.2. The maximum Gasteiger partial charge on any atom is 0.287 e. The lowest BCUT2D eigenvalue weighted by molar-refractivity contribution is -0.0373. The summed E-state index contributed by atoms with van der Waals surface area (Å²) in [7, 11) is 0. The maximum atomic E-state index is 13.1. The van der Waals surface area contributed by atoms with Gasteiger partial charge in [-0.05, 0) is 70.1 Å². The molecule has 1 spiro atoms. The molecule has 1 aliphatic heterocycles. The van der Waals surface area contributed by atoms with E-state index >= 15 is 0 Å². The molecule has 5 heteroatoms. The molecule has 5 nitrogen and oxygen atoms in total. The summed E-state index contributed by atoms with van der Waals surface area (Å²) in [6, 6.07) is 14.1. The van der Waals surface area contributed by atoms with Crippen LogP contribution in [0.1, 0.15) is 85.2 Å². The molecule has 1 aromatic heterocycles. The second kappa shape index (κ2) is 8.86. The van der Waals surface area contributed by atoms with E-state index in [1.165, 1.54) is 12.0 Å². The Morgan fingerprint density at radius 3 is 2.67 bits per heavy atom. The highest BCUT2D eigenvalue weighted by molar-refractivity contribution is 6.00. The number of amides is 1. The van der Waals surface area contributed by atoms with Crippen LogP contribution in [0.25, 0.3) is 11.0 Å². The van der Waals surface area contributed by atoms with Gasteiger partial charge in [0.15, 0.2) is 5.76 Å². The minimum absolute atomic E-state index is 0.0133. The van der Waals surface area contributed by atoms with Crippen molar-refractivity contribution < 1.29 is 19.1 Å². The molecule has 0 bridgehead atoms. The van der Waals surface area contributed by atoms with Crippen LogP contribution < -0.4 is 10.1 Å². The van der Waals surface area contributed by atoms with E-state index in [1.54, 1.807) is 0 Å². The lowest BCUT2D eigenvalue weighted by atomic mass is 9.77. The number of hydrogen-bond acceptors (Lipinski definition) is 4. The predicted molar refractivity (Wildman–Crippen MR) is 129 cm³/mol. The van der Waals surface area contributed by atoms with Gasteiger partial charge in [-0.15, -0.1) is 0 Å². The lowest BCUT2D eigenvalue weighted by Crippen LogP contribution is -2.42. The number of carbonyl (C=O) groups excluding carboxylic acids is 1. The Bertz CT molecular complexity index is 1140. The third kappa shape index (κ3) is 4.26. The van der Waals surface area contributed by atoms with Crippen LogP contribution in [0.5, 0.6) is 5.75 Å². The summed E-state index contributed by atoms with van der Waals surface area (Å²) in [4.78, 5) is 13.1. The first-order valence-electron chi connectivity index (χ1n) is 12.2. The molecule has 2 unspecified atom stereocenters. The molecule has 1 fully saturated rings. The van der Waals surface area contributed by atoms with E-state index in [-0.39, 0.29) is 17.6 Å². The van der Waals surface area contributed by atoms with Crippen molar-refractivity contribution in [1.82, 2.24) is 5.32 Å². The first-order chi connectivity index (χ1) is 16.0. The van der Waals surface area contributed by atoms with Crippen molar-refractivity contribution >= 4 is 16.9 Å². The Morgan fingerprint density at radius 2 is 1.91 bits per heavy atom. The first kappa shape index (κ1) is 22.0. The summed E-state index contributed by atoms with van der Waals surface area (Å²) in [5.41, 5.74) is 3.15. The molecule has 174 valence electrons. The van der Waals surface area contributed by atoms with Crippen molar-refractivity contribution in [2.75, 3.05) is 0 Å². The number of aliphatic hydroxyl groups excluding tert-OH is 1. The minimum Gasteiger partial charge on any atom is -0.487 e. The topological polar surface area (TPSA) is 71.7 Å². The second-order valence-corrected chi connectivity index (χ2v) is 9.87. The summed E-state index contributed by atoms with van der Waals surface area (Å²) in [6.07, 6.45) is 7.22. The van der Waals surface area contributed by atoms with Gasteiger partial charge in [-0.1, -0.05) is 36.8 Å². The van der Waals surface area contributed by atoms with Crippen molar-refractivity contribution in [1.29, 1.82) is 0 Å². The van der Waals surface area contributed by atoms with E-state index in [4.69, 9.17) is 9.15 Å². The molecule has 0 saturated heterocycles. The Hall–Kier alpha value is -2.79. The quantitative estimate of drug-likeness (QED) is 0.502. The van der Waals surface area contributed by atoms with Crippen molar-refractivity contribution in [3.8, 4) is 5.75 Å². The molecule has 33 heavy (non-hydrogen) atoms. The third-order valence-electron chi connectivity index (χ3n) is 7.38. The van der Waals surface area contributed by atoms with Crippen molar-refractivity contribution in [3.05, 3.63) is 64.9 Å². The summed E-state index contributed by atoms with van der Waals surface area (Å²) in [6.45, 7) is 3.91. The van der Waals surface area contributed by atoms with Gasteiger partial charge in [0.05, 0.1) is 6.10 Å². The Labute approximate surface area is 195 Å². The molecule has 1 aliphatic carbocycles. The van der Waals surface area contributed by atoms with E-state index in [0.29, 0.717) is 17.8 Å². The molecule has 2 aromatic carbocycles. The fraction of sp³-hybridized carbons (Fsp3) is 0.464. The molecule has 2 aliphatic rings. The van der Waals surface area contributed by atoms with Gasteiger partial charge in [-0.2, -0.15) is 0 Å². The zero-order valence-electron chi connectivity index (χ0n) is 19.5. The zero-order chi connectivity index (χ0) is 23.0. The monoisotopic (exact) mass is 447 g/mol. The van der Waals surface area contributed by atoms with Gasteiger partial charge in [0.25, 0.3) is 5.91 Å². The van der Waals surface area contributed by atoms with Gasteiger partial charge >= 0.3 is 0 Å². The fourth-order valence-electron chi connectivity index (χ4n) is 5.61. The van der Waals surface area contributed by atoms with E-state index in [0.717, 1.165) is 60.8 Å². The number of nitrogens with one attached hydrogen (secondary N) is 1. The molecule has 2 atom stereocenters. The van der Waals surface area contributed by atoms with Crippen molar-refractivity contribution in [2.24, 2.45) is 0 Å². The van der Waals surface area contributed by atoms with Crippen LogP contribution in [-0.2, 0) is 6.42 Å². The SMILES string of the molecule is Cc1c(C(=O)NC(C)CCc2ccccc2)oc2ccc3c(c12)C(O)CC1(CCCCC1)O3. The van der Waals surface area contributed by atoms with Crippen LogP contribution in [0.3, 0.4) is 0 Å². The molecule has 0 radical (unpaired) electrons. The molecule has 5 rings (SSSR count). The molecule has 2 heterocycles. The average Bonchev–Trinajstić information content (AvgIpc) is 3.15. The van der Waals surface area contributed by atoms with Crippen LogP contribution in [0.4, 0.5) is 0 Å². The van der Waals surface area contributed by atoms with E-state index in [1.807, 2.05) is 44.2 Å². The fourth-order valence-corrected chi connectivity index (χ4v) is 5.61. The smallest absolute Gasteiger partial charge is 0.287 e. The molecule has 1 saturated carbocycles. The highest BCUT2D eigenvalue weighted by Crippen LogP contribution is 2.49. The summed E-state index contributed by atoms with van der Waals surface area (Å²) in [5, 5.41) is 15.0. The number of fused-ring (bicyclic) bond motifs is 3. The standard InChI is InChI=1S/C28H33NO4/c1-18(11-12-20-9-5-3-6-10-20)29-27(31)26-19(2)24-22(32-26)13-14-23-25(24)21(30)17-28(33-23)15-7-4-8-16-28/h3,5-6,9-10,13-14,18,21,30H,4,7-8,11-12,15-17H2,1-2H3,(H,29,31). The summed E-state index contributed by atoms with van der Waals surface area (Å²) >= 11 is 0. The van der Waals surface area contributed by atoms with E-state index in [9.17, 15) is 9.90 Å². The van der Waals surface area contributed by atoms with Gasteiger partial charge in [-0.25, -0.2) is 0 Å². The lowest BCUT2D eigenvalue weighted by Gasteiger charge is -2.43. The number of benzene rings is 2. The number of aryl methyl sites for hydroxylation is 2.